The summed E-state index contributed by atoms with van der Waals surface area (Å²) in [7, 11) is 0. The molecule has 26 heavy (non-hydrogen) atoms. The van der Waals surface area contributed by atoms with Crippen molar-refractivity contribution in [2.75, 3.05) is 32.8 Å². The summed E-state index contributed by atoms with van der Waals surface area (Å²) in [4.78, 5) is 13.8. The van der Waals surface area contributed by atoms with E-state index in [0.29, 0.717) is 26.3 Å². The summed E-state index contributed by atoms with van der Waals surface area (Å²) in [5.74, 6) is -0.292. The molecule has 0 saturated carbocycles. The first kappa shape index (κ1) is 24.9. The molecule has 2 rings (SSSR count). The molecule has 1 aliphatic rings. The number of hydrogen-bond donors (Lipinski definition) is 2. The van der Waals surface area contributed by atoms with Gasteiger partial charge in [-0.2, -0.15) is 13.2 Å². The Labute approximate surface area is 163 Å². The number of nitrogens with two attached hydrogens (primary N) is 1. The van der Waals surface area contributed by atoms with Crippen LogP contribution in [0.4, 0.5) is 13.2 Å². The normalized spacial score (nSPS) is 17.4. The molecule has 3 N–H and O–H groups in total. The van der Waals surface area contributed by atoms with Gasteiger partial charge in [0, 0.05) is 19.6 Å². The summed E-state index contributed by atoms with van der Waals surface area (Å²) in [6, 6.07) is 4.19. The number of morpholine rings is 1. The van der Waals surface area contributed by atoms with Crippen molar-refractivity contribution in [3.05, 3.63) is 35.4 Å². The van der Waals surface area contributed by atoms with Crippen LogP contribution in [0.25, 0.3) is 0 Å². The fourth-order valence-electron chi connectivity index (χ4n) is 2.60. The lowest BCUT2D eigenvalue weighted by Gasteiger charge is -2.35. The zero-order chi connectivity index (χ0) is 17.7. The Morgan fingerprint density at radius 2 is 1.77 bits per heavy atom. The van der Waals surface area contributed by atoms with Crippen molar-refractivity contribution in [3.8, 4) is 0 Å². The number of carbonyl (C=O) groups excluding carboxylic acids is 1. The molecule has 1 heterocycles. The molecule has 0 radical (unpaired) electrons. The number of alkyl halides is 3. The molecule has 1 aromatic rings. The fraction of sp³-hybridized carbons (Fsp3) is 0.562. The fourth-order valence-corrected chi connectivity index (χ4v) is 2.60. The van der Waals surface area contributed by atoms with Crippen LogP contribution < -0.4 is 11.1 Å². The number of ether oxygens (including phenoxy) is 1. The van der Waals surface area contributed by atoms with E-state index >= 15 is 0 Å². The molecule has 0 aromatic heterocycles. The van der Waals surface area contributed by atoms with Crippen molar-refractivity contribution in [2.45, 2.75) is 25.2 Å². The highest BCUT2D eigenvalue weighted by Gasteiger charge is 2.31. The van der Waals surface area contributed by atoms with E-state index in [2.05, 4.69) is 10.2 Å². The van der Waals surface area contributed by atoms with Crippen LogP contribution in [0.15, 0.2) is 24.3 Å². The average molecular weight is 418 g/mol. The van der Waals surface area contributed by atoms with Crippen molar-refractivity contribution >= 4 is 30.7 Å². The van der Waals surface area contributed by atoms with Gasteiger partial charge in [0.1, 0.15) is 0 Å². The van der Waals surface area contributed by atoms with Gasteiger partial charge in [-0.05, 0) is 24.6 Å². The topological polar surface area (TPSA) is 67.6 Å². The Morgan fingerprint density at radius 1 is 1.23 bits per heavy atom. The molecule has 10 heteroatoms. The van der Waals surface area contributed by atoms with E-state index in [1.54, 1.807) is 6.92 Å². The second-order valence-electron chi connectivity index (χ2n) is 5.82. The predicted octanol–water partition coefficient (Wildman–Crippen LogP) is 2.39. The standard InChI is InChI=1S/C16H22F3N3O2.2ClH/c1-11(20)15(23)21-10-14(22-6-8-24-9-7-22)12-2-4-13(5-3-12)16(17,18)19;;/h2-5,11,14H,6-10,20H2,1H3,(H,21,23);2*1H/t11-,14?;;/m1../s1. The van der Waals surface area contributed by atoms with E-state index in [-0.39, 0.29) is 43.3 Å². The lowest BCUT2D eigenvalue weighted by Crippen LogP contribution is -2.46. The maximum absolute atomic E-state index is 12.7. The monoisotopic (exact) mass is 417 g/mol. The van der Waals surface area contributed by atoms with Gasteiger partial charge in [0.25, 0.3) is 0 Å². The molecule has 150 valence electrons. The number of carbonyl (C=O) groups is 1. The van der Waals surface area contributed by atoms with E-state index in [1.807, 2.05) is 0 Å². The van der Waals surface area contributed by atoms with E-state index in [1.165, 1.54) is 12.1 Å². The minimum atomic E-state index is -4.36. The summed E-state index contributed by atoms with van der Waals surface area (Å²) < 4.78 is 43.5. The van der Waals surface area contributed by atoms with E-state index in [4.69, 9.17) is 10.5 Å². The first-order valence-corrected chi connectivity index (χ1v) is 7.81. The number of nitrogens with one attached hydrogen (secondary N) is 1. The summed E-state index contributed by atoms with van der Waals surface area (Å²) >= 11 is 0. The molecule has 5 nitrogen and oxygen atoms in total. The molecule has 0 bridgehead atoms. The largest absolute Gasteiger partial charge is 0.416 e. The van der Waals surface area contributed by atoms with Gasteiger partial charge in [0.2, 0.25) is 5.91 Å². The Morgan fingerprint density at radius 3 is 2.23 bits per heavy atom. The van der Waals surface area contributed by atoms with Crippen molar-refractivity contribution in [1.82, 2.24) is 10.2 Å². The van der Waals surface area contributed by atoms with Gasteiger partial charge in [-0.3, -0.25) is 9.69 Å². The first-order chi connectivity index (χ1) is 11.3. The Hall–Kier alpha value is -1.06. The van der Waals surface area contributed by atoms with Gasteiger partial charge >= 0.3 is 6.18 Å². The number of nitrogens with zero attached hydrogens (tertiary/aromatic N) is 1. The van der Waals surface area contributed by atoms with Crippen LogP contribution in [-0.4, -0.2) is 49.7 Å². The van der Waals surface area contributed by atoms with Crippen molar-refractivity contribution in [3.63, 3.8) is 0 Å². The van der Waals surface area contributed by atoms with Gasteiger partial charge in [-0.1, -0.05) is 12.1 Å². The van der Waals surface area contributed by atoms with Crippen LogP contribution in [0.1, 0.15) is 24.1 Å². The molecule has 1 fully saturated rings. The summed E-state index contributed by atoms with van der Waals surface area (Å²) in [6.45, 7) is 4.28. The third-order valence-electron chi connectivity index (χ3n) is 3.99. The SMILES string of the molecule is C[C@@H](N)C(=O)NCC(c1ccc(C(F)(F)F)cc1)N1CCOCC1.Cl.Cl. The zero-order valence-corrected chi connectivity index (χ0v) is 15.9. The van der Waals surface area contributed by atoms with Crippen molar-refractivity contribution in [1.29, 1.82) is 0 Å². The number of amides is 1. The third kappa shape index (κ3) is 6.92. The summed E-state index contributed by atoms with van der Waals surface area (Å²) in [5.41, 5.74) is 5.57. The molecular formula is C16H24Cl2F3N3O2. The predicted molar refractivity (Wildman–Crippen MR) is 97.7 cm³/mol. The summed E-state index contributed by atoms with van der Waals surface area (Å²) in [5, 5.41) is 2.75. The maximum atomic E-state index is 12.7. The Bertz CT molecular complexity index is 551. The number of rotatable bonds is 5. The Balaban J connectivity index is 0.00000312. The molecule has 0 spiro atoms. The van der Waals surface area contributed by atoms with Gasteiger partial charge in [-0.25, -0.2) is 0 Å². The number of benzene rings is 1. The highest BCUT2D eigenvalue weighted by Crippen LogP contribution is 2.31. The molecule has 1 amide bonds. The van der Waals surface area contributed by atoms with Crippen LogP contribution in [0.3, 0.4) is 0 Å². The van der Waals surface area contributed by atoms with Crippen LogP contribution in [-0.2, 0) is 15.7 Å². The maximum Gasteiger partial charge on any atom is 0.416 e. The van der Waals surface area contributed by atoms with Gasteiger partial charge in [0.05, 0.1) is 30.9 Å². The molecule has 0 aliphatic carbocycles. The van der Waals surface area contributed by atoms with Crippen LogP contribution >= 0.6 is 24.8 Å². The molecule has 1 aliphatic heterocycles. The highest BCUT2D eigenvalue weighted by molar-refractivity contribution is 5.85. The van der Waals surface area contributed by atoms with Gasteiger partial charge < -0.3 is 15.8 Å². The quantitative estimate of drug-likeness (QED) is 0.771. The van der Waals surface area contributed by atoms with E-state index in [9.17, 15) is 18.0 Å². The molecule has 1 aromatic carbocycles. The number of halogens is 5. The Kier molecular flexibility index (Phi) is 10.5. The van der Waals surface area contributed by atoms with Crippen LogP contribution in [0.2, 0.25) is 0 Å². The third-order valence-corrected chi connectivity index (χ3v) is 3.99. The molecule has 1 unspecified atom stereocenters. The summed E-state index contributed by atoms with van der Waals surface area (Å²) in [6.07, 6.45) is -4.36. The van der Waals surface area contributed by atoms with Crippen molar-refractivity contribution in [2.24, 2.45) is 5.73 Å². The average Bonchev–Trinajstić information content (AvgIpc) is 2.55. The van der Waals surface area contributed by atoms with E-state index in [0.717, 1.165) is 17.7 Å². The van der Waals surface area contributed by atoms with Crippen molar-refractivity contribution < 1.29 is 22.7 Å². The second-order valence-corrected chi connectivity index (χ2v) is 5.82. The van der Waals surface area contributed by atoms with Gasteiger partial charge in [0.15, 0.2) is 0 Å². The van der Waals surface area contributed by atoms with Gasteiger partial charge in [-0.15, -0.1) is 24.8 Å². The molecule has 2 atom stereocenters. The molecule has 1 saturated heterocycles. The minimum Gasteiger partial charge on any atom is -0.379 e. The van der Waals surface area contributed by atoms with Crippen LogP contribution in [0.5, 0.6) is 0 Å². The van der Waals surface area contributed by atoms with Crippen LogP contribution in [0, 0.1) is 0 Å². The zero-order valence-electron chi connectivity index (χ0n) is 14.3. The smallest absolute Gasteiger partial charge is 0.379 e. The van der Waals surface area contributed by atoms with E-state index < -0.39 is 17.8 Å². The highest BCUT2D eigenvalue weighted by atomic mass is 35.5. The minimum absolute atomic E-state index is 0. The second kappa shape index (κ2) is 10.9. The lowest BCUT2D eigenvalue weighted by atomic mass is 10.0. The molecular weight excluding hydrogens is 394 g/mol. The lowest BCUT2D eigenvalue weighted by molar-refractivity contribution is -0.137. The number of hydrogen-bond acceptors (Lipinski definition) is 4. The first-order valence-electron chi connectivity index (χ1n) is 7.81.